The summed E-state index contributed by atoms with van der Waals surface area (Å²) in [5.74, 6) is 0.358. The van der Waals surface area contributed by atoms with E-state index >= 15 is 0 Å². The van der Waals surface area contributed by atoms with Crippen molar-refractivity contribution < 1.29 is 23.1 Å². The Kier molecular flexibility index (Phi) is 6.29. The summed E-state index contributed by atoms with van der Waals surface area (Å²) in [7, 11) is 1.46. The van der Waals surface area contributed by atoms with E-state index in [0.717, 1.165) is 5.56 Å². The van der Waals surface area contributed by atoms with Crippen LogP contribution in [0.1, 0.15) is 24.0 Å². The molecule has 1 aromatic carbocycles. The second-order valence-corrected chi connectivity index (χ2v) is 4.42. The first-order valence-electron chi connectivity index (χ1n) is 6.29. The molecule has 1 rings (SSSR count). The number of alkyl halides is 3. The van der Waals surface area contributed by atoms with Crippen molar-refractivity contribution in [1.82, 2.24) is 5.32 Å². The van der Waals surface area contributed by atoms with Crippen LogP contribution in [0.15, 0.2) is 23.4 Å². The molecule has 0 aliphatic carbocycles. The standard InChI is InChI=1S/C13H18F3N3O2/c1-21-11-4-3-9(7-10(11)12(17)19-20)8-18-6-2-5-13(14,15)16/h3-4,7,18,20H,2,5-6,8H2,1H3,(H2,17,19). The minimum atomic E-state index is -4.12. The van der Waals surface area contributed by atoms with Crippen LogP contribution in [0.2, 0.25) is 0 Å². The first-order chi connectivity index (χ1) is 9.87. The molecule has 0 aliphatic heterocycles. The number of ether oxygens (including phenoxy) is 1. The van der Waals surface area contributed by atoms with Gasteiger partial charge in [-0.2, -0.15) is 13.2 Å². The minimum Gasteiger partial charge on any atom is -0.496 e. The first kappa shape index (κ1) is 17.1. The van der Waals surface area contributed by atoms with Crippen molar-refractivity contribution in [3.63, 3.8) is 0 Å². The van der Waals surface area contributed by atoms with E-state index in [0.29, 0.717) is 17.9 Å². The maximum atomic E-state index is 12.0. The predicted molar refractivity (Wildman–Crippen MR) is 72.5 cm³/mol. The van der Waals surface area contributed by atoms with Crippen LogP contribution in [-0.2, 0) is 6.54 Å². The van der Waals surface area contributed by atoms with Gasteiger partial charge in [0.2, 0.25) is 0 Å². The molecule has 8 heteroatoms. The molecule has 1 aromatic rings. The van der Waals surface area contributed by atoms with Gasteiger partial charge in [-0.15, -0.1) is 0 Å². The molecule has 0 heterocycles. The summed E-state index contributed by atoms with van der Waals surface area (Å²) in [5, 5.41) is 14.5. The van der Waals surface area contributed by atoms with Crippen molar-refractivity contribution in [3.8, 4) is 5.75 Å². The fraction of sp³-hybridized carbons (Fsp3) is 0.462. The highest BCUT2D eigenvalue weighted by molar-refractivity contribution is 5.99. The normalized spacial score (nSPS) is 12.5. The van der Waals surface area contributed by atoms with Crippen molar-refractivity contribution in [3.05, 3.63) is 29.3 Å². The number of amidine groups is 1. The Morgan fingerprint density at radius 3 is 2.71 bits per heavy atom. The summed E-state index contributed by atoms with van der Waals surface area (Å²) in [6.45, 7) is 0.637. The zero-order chi connectivity index (χ0) is 15.9. The summed E-state index contributed by atoms with van der Waals surface area (Å²) in [5.41, 5.74) is 6.76. The number of oxime groups is 1. The van der Waals surface area contributed by atoms with E-state index in [9.17, 15) is 13.2 Å². The monoisotopic (exact) mass is 305 g/mol. The van der Waals surface area contributed by atoms with Crippen LogP contribution in [0.25, 0.3) is 0 Å². The van der Waals surface area contributed by atoms with Crippen molar-refractivity contribution in [2.24, 2.45) is 10.9 Å². The highest BCUT2D eigenvalue weighted by Crippen LogP contribution is 2.21. The van der Waals surface area contributed by atoms with Gasteiger partial charge in [-0.3, -0.25) is 0 Å². The van der Waals surface area contributed by atoms with E-state index in [1.807, 2.05) is 0 Å². The summed E-state index contributed by atoms with van der Waals surface area (Å²) in [4.78, 5) is 0. The van der Waals surface area contributed by atoms with Gasteiger partial charge in [0.15, 0.2) is 5.84 Å². The van der Waals surface area contributed by atoms with Gasteiger partial charge in [-0.05, 0) is 30.7 Å². The molecule has 118 valence electrons. The Morgan fingerprint density at radius 1 is 1.43 bits per heavy atom. The molecule has 0 spiro atoms. The number of hydrogen-bond donors (Lipinski definition) is 3. The molecule has 0 saturated carbocycles. The zero-order valence-electron chi connectivity index (χ0n) is 11.6. The molecule has 0 bridgehead atoms. The molecule has 21 heavy (non-hydrogen) atoms. The van der Waals surface area contributed by atoms with E-state index < -0.39 is 12.6 Å². The highest BCUT2D eigenvalue weighted by Gasteiger charge is 2.25. The average Bonchev–Trinajstić information content (AvgIpc) is 2.44. The Morgan fingerprint density at radius 2 is 2.14 bits per heavy atom. The number of methoxy groups -OCH3 is 1. The second kappa shape index (κ2) is 7.72. The number of hydrogen-bond acceptors (Lipinski definition) is 4. The molecule has 0 atom stereocenters. The minimum absolute atomic E-state index is 0.0206. The van der Waals surface area contributed by atoms with Crippen LogP contribution in [0.3, 0.4) is 0 Å². The average molecular weight is 305 g/mol. The summed E-state index contributed by atoms with van der Waals surface area (Å²) in [6, 6.07) is 5.06. The zero-order valence-corrected chi connectivity index (χ0v) is 11.6. The Bertz CT molecular complexity index is 490. The van der Waals surface area contributed by atoms with Crippen molar-refractivity contribution in [2.45, 2.75) is 25.6 Å². The van der Waals surface area contributed by atoms with Gasteiger partial charge in [0, 0.05) is 13.0 Å². The fourth-order valence-electron chi connectivity index (χ4n) is 1.77. The lowest BCUT2D eigenvalue weighted by Crippen LogP contribution is -2.19. The molecule has 5 nitrogen and oxygen atoms in total. The van der Waals surface area contributed by atoms with E-state index in [1.54, 1.807) is 18.2 Å². The second-order valence-electron chi connectivity index (χ2n) is 4.42. The van der Waals surface area contributed by atoms with Crippen molar-refractivity contribution >= 4 is 5.84 Å². The SMILES string of the molecule is COc1ccc(CNCCCC(F)(F)F)cc1/C(N)=N/O. The van der Waals surface area contributed by atoms with E-state index in [2.05, 4.69) is 10.5 Å². The lowest BCUT2D eigenvalue weighted by Gasteiger charge is -2.11. The lowest BCUT2D eigenvalue weighted by molar-refractivity contribution is -0.135. The number of halogens is 3. The largest absolute Gasteiger partial charge is 0.496 e. The molecule has 0 radical (unpaired) electrons. The topological polar surface area (TPSA) is 79.9 Å². The van der Waals surface area contributed by atoms with Gasteiger partial charge in [0.1, 0.15) is 5.75 Å². The maximum Gasteiger partial charge on any atom is 0.389 e. The Labute approximate surface area is 120 Å². The van der Waals surface area contributed by atoms with E-state index in [4.69, 9.17) is 15.7 Å². The summed E-state index contributed by atoms with van der Waals surface area (Å²) < 4.78 is 41.0. The predicted octanol–water partition coefficient (Wildman–Crippen LogP) is 2.22. The van der Waals surface area contributed by atoms with Gasteiger partial charge < -0.3 is 21.0 Å². The number of rotatable bonds is 7. The Hall–Kier alpha value is -1.96. The third-order valence-corrected chi connectivity index (χ3v) is 2.79. The van der Waals surface area contributed by atoms with Crippen molar-refractivity contribution in [1.29, 1.82) is 0 Å². The quantitative estimate of drug-likeness (QED) is 0.237. The number of benzene rings is 1. The number of nitrogens with two attached hydrogens (primary N) is 1. The molecule has 0 amide bonds. The smallest absolute Gasteiger partial charge is 0.389 e. The summed E-state index contributed by atoms with van der Waals surface area (Å²) >= 11 is 0. The molecule has 0 fully saturated rings. The summed E-state index contributed by atoms with van der Waals surface area (Å²) in [6.07, 6.45) is -4.91. The molecule has 4 N–H and O–H groups in total. The molecule has 0 aliphatic rings. The van der Waals surface area contributed by atoms with E-state index in [1.165, 1.54) is 7.11 Å². The highest BCUT2D eigenvalue weighted by atomic mass is 19.4. The maximum absolute atomic E-state index is 12.0. The third kappa shape index (κ3) is 5.90. The van der Waals surface area contributed by atoms with Crippen LogP contribution in [-0.4, -0.2) is 30.9 Å². The molecule has 0 unspecified atom stereocenters. The fourth-order valence-corrected chi connectivity index (χ4v) is 1.77. The molecular weight excluding hydrogens is 287 g/mol. The van der Waals surface area contributed by atoms with Crippen molar-refractivity contribution in [2.75, 3.05) is 13.7 Å². The molecular formula is C13H18F3N3O2. The van der Waals surface area contributed by atoms with Gasteiger partial charge >= 0.3 is 6.18 Å². The van der Waals surface area contributed by atoms with Crippen LogP contribution < -0.4 is 15.8 Å². The lowest BCUT2D eigenvalue weighted by atomic mass is 10.1. The van der Waals surface area contributed by atoms with Gasteiger partial charge in [-0.25, -0.2) is 0 Å². The van der Waals surface area contributed by atoms with Crippen LogP contribution >= 0.6 is 0 Å². The number of nitrogens with zero attached hydrogens (tertiary/aromatic N) is 1. The molecule has 0 aromatic heterocycles. The Balaban J connectivity index is 2.57. The third-order valence-electron chi connectivity index (χ3n) is 2.79. The van der Waals surface area contributed by atoms with Gasteiger partial charge in [0.05, 0.1) is 12.7 Å². The van der Waals surface area contributed by atoms with Crippen LogP contribution in [0, 0.1) is 0 Å². The van der Waals surface area contributed by atoms with Crippen LogP contribution in [0.4, 0.5) is 13.2 Å². The molecule has 0 saturated heterocycles. The van der Waals surface area contributed by atoms with Gasteiger partial charge in [-0.1, -0.05) is 11.2 Å². The van der Waals surface area contributed by atoms with E-state index in [-0.39, 0.29) is 18.8 Å². The first-order valence-corrected chi connectivity index (χ1v) is 6.29. The van der Waals surface area contributed by atoms with Gasteiger partial charge in [0.25, 0.3) is 0 Å². The van der Waals surface area contributed by atoms with Crippen LogP contribution in [0.5, 0.6) is 5.75 Å². The number of nitrogens with one attached hydrogen (secondary N) is 1.